The van der Waals surface area contributed by atoms with Gasteiger partial charge < -0.3 is 5.73 Å². The third-order valence-electron chi connectivity index (χ3n) is 2.72. The Morgan fingerprint density at radius 3 is 2.00 bits per heavy atom. The van der Waals surface area contributed by atoms with Crippen molar-refractivity contribution >= 4 is 16.5 Å². The second kappa shape index (κ2) is 5.66. The maximum atomic E-state index is 12.4. The summed E-state index contributed by atoms with van der Waals surface area (Å²) in [5, 5.41) is 0. The van der Waals surface area contributed by atoms with Gasteiger partial charge in [-0.2, -0.15) is 13.2 Å². The lowest BCUT2D eigenvalue weighted by Gasteiger charge is -2.07. The predicted molar refractivity (Wildman–Crippen MR) is 72.4 cm³/mol. The molecule has 0 saturated heterocycles. The number of hydrogen-bond donors (Lipinski definition) is 1. The van der Waals surface area contributed by atoms with Gasteiger partial charge in [-0.15, -0.1) is 0 Å². The van der Waals surface area contributed by atoms with E-state index >= 15 is 0 Å². The molecule has 2 aromatic carbocycles. The molecule has 0 saturated carbocycles. The Morgan fingerprint density at radius 2 is 1.50 bits per heavy atom. The first-order valence-electron chi connectivity index (χ1n) is 5.76. The minimum Gasteiger partial charge on any atom is -0.399 e. The summed E-state index contributed by atoms with van der Waals surface area (Å²) in [5.41, 5.74) is 5.98. The van der Waals surface area contributed by atoms with Crippen LogP contribution in [-0.4, -0.2) is 4.21 Å². The van der Waals surface area contributed by atoms with E-state index in [0.717, 1.165) is 12.1 Å². The van der Waals surface area contributed by atoms with E-state index in [-0.39, 0.29) is 5.75 Å². The molecule has 0 aromatic heterocycles. The van der Waals surface area contributed by atoms with E-state index in [9.17, 15) is 17.4 Å². The smallest absolute Gasteiger partial charge is 0.399 e. The molecule has 2 rings (SSSR count). The van der Waals surface area contributed by atoms with Gasteiger partial charge in [0.15, 0.2) is 0 Å². The molecule has 0 fully saturated rings. The van der Waals surface area contributed by atoms with Crippen LogP contribution in [0.1, 0.15) is 11.1 Å². The fraction of sp³-hybridized carbons (Fsp3) is 0.143. The summed E-state index contributed by atoms with van der Waals surface area (Å²) < 4.78 is 49.3. The van der Waals surface area contributed by atoms with Crippen LogP contribution in [0.5, 0.6) is 0 Å². The van der Waals surface area contributed by atoms with Crippen molar-refractivity contribution in [2.24, 2.45) is 0 Å². The molecule has 0 aliphatic heterocycles. The fourth-order valence-electron chi connectivity index (χ4n) is 1.64. The zero-order valence-corrected chi connectivity index (χ0v) is 11.2. The lowest BCUT2D eigenvalue weighted by molar-refractivity contribution is -0.137. The highest BCUT2D eigenvalue weighted by Crippen LogP contribution is 2.29. The third-order valence-corrected chi connectivity index (χ3v) is 4.12. The standard InChI is InChI=1S/C14H12F3NOS/c15-14(16,17)11-3-1-10(2-4-11)9-20(19)13-7-5-12(18)6-8-13/h1-8H,9,18H2. The first kappa shape index (κ1) is 14.6. The molecule has 20 heavy (non-hydrogen) atoms. The minimum absolute atomic E-state index is 0.169. The van der Waals surface area contributed by atoms with Crippen LogP contribution in [0.2, 0.25) is 0 Å². The molecule has 2 aromatic rings. The van der Waals surface area contributed by atoms with E-state index in [1.807, 2.05) is 0 Å². The van der Waals surface area contributed by atoms with E-state index in [0.29, 0.717) is 16.1 Å². The van der Waals surface area contributed by atoms with Crippen LogP contribution in [0.4, 0.5) is 18.9 Å². The minimum atomic E-state index is -4.35. The zero-order valence-electron chi connectivity index (χ0n) is 10.4. The summed E-state index contributed by atoms with van der Waals surface area (Å²) >= 11 is 0. The molecule has 1 atom stereocenters. The number of hydrogen-bond acceptors (Lipinski definition) is 2. The van der Waals surface area contributed by atoms with Crippen LogP contribution >= 0.6 is 0 Å². The van der Waals surface area contributed by atoms with Gasteiger partial charge in [-0.05, 0) is 42.0 Å². The Labute approximate surface area is 116 Å². The highest BCUT2D eigenvalue weighted by molar-refractivity contribution is 7.84. The van der Waals surface area contributed by atoms with Crippen LogP contribution < -0.4 is 5.73 Å². The van der Waals surface area contributed by atoms with E-state index in [1.54, 1.807) is 24.3 Å². The molecule has 0 spiro atoms. The Morgan fingerprint density at radius 1 is 0.950 bits per heavy atom. The highest BCUT2D eigenvalue weighted by atomic mass is 32.2. The van der Waals surface area contributed by atoms with Gasteiger partial charge in [-0.25, -0.2) is 0 Å². The molecule has 6 heteroatoms. The molecule has 0 bridgehead atoms. The van der Waals surface area contributed by atoms with E-state index in [1.165, 1.54) is 12.1 Å². The monoisotopic (exact) mass is 299 g/mol. The topological polar surface area (TPSA) is 43.1 Å². The van der Waals surface area contributed by atoms with Gasteiger partial charge in [0.25, 0.3) is 0 Å². The lowest BCUT2D eigenvalue weighted by atomic mass is 10.1. The second-order valence-electron chi connectivity index (χ2n) is 4.25. The molecule has 0 radical (unpaired) electrons. The molecule has 106 valence electrons. The van der Waals surface area contributed by atoms with Gasteiger partial charge in [0.1, 0.15) is 0 Å². The summed E-state index contributed by atoms with van der Waals surface area (Å²) in [6, 6.07) is 11.3. The van der Waals surface area contributed by atoms with Gasteiger partial charge in [-0.1, -0.05) is 12.1 Å². The van der Waals surface area contributed by atoms with Crippen LogP contribution in [0.15, 0.2) is 53.4 Å². The number of anilines is 1. The zero-order chi connectivity index (χ0) is 14.8. The molecule has 0 heterocycles. The Bertz CT molecular complexity index is 606. The van der Waals surface area contributed by atoms with Crippen LogP contribution in [0.3, 0.4) is 0 Å². The number of rotatable bonds is 3. The maximum absolute atomic E-state index is 12.4. The van der Waals surface area contributed by atoms with Gasteiger partial charge in [-0.3, -0.25) is 4.21 Å². The van der Waals surface area contributed by atoms with Crippen molar-refractivity contribution in [2.75, 3.05) is 5.73 Å². The summed E-state index contributed by atoms with van der Waals surface area (Å²) in [7, 11) is -1.31. The Kier molecular flexibility index (Phi) is 4.13. The van der Waals surface area contributed by atoms with Crippen LogP contribution in [0.25, 0.3) is 0 Å². The largest absolute Gasteiger partial charge is 0.416 e. The van der Waals surface area contributed by atoms with Crippen LogP contribution in [-0.2, 0) is 22.7 Å². The van der Waals surface area contributed by atoms with E-state index < -0.39 is 22.5 Å². The third kappa shape index (κ3) is 3.60. The van der Waals surface area contributed by atoms with Crippen molar-refractivity contribution in [3.63, 3.8) is 0 Å². The molecular weight excluding hydrogens is 287 g/mol. The van der Waals surface area contributed by atoms with Crippen LogP contribution in [0, 0.1) is 0 Å². The summed E-state index contributed by atoms with van der Waals surface area (Å²) in [5.74, 6) is 0.169. The molecular formula is C14H12F3NOS. The molecule has 0 aliphatic carbocycles. The van der Waals surface area contributed by atoms with Gasteiger partial charge >= 0.3 is 6.18 Å². The average Bonchev–Trinajstić information content (AvgIpc) is 2.39. The van der Waals surface area contributed by atoms with Crippen molar-refractivity contribution < 1.29 is 17.4 Å². The van der Waals surface area contributed by atoms with Crippen molar-refractivity contribution in [3.8, 4) is 0 Å². The van der Waals surface area contributed by atoms with Crippen molar-refractivity contribution in [3.05, 3.63) is 59.7 Å². The molecule has 1 unspecified atom stereocenters. The molecule has 2 nitrogen and oxygen atoms in total. The number of nitrogen functional groups attached to an aromatic ring is 1. The lowest BCUT2D eigenvalue weighted by Crippen LogP contribution is -2.05. The highest BCUT2D eigenvalue weighted by Gasteiger charge is 2.29. The first-order valence-corrected chi connectivity index (χ1v) is 7.08. The van der Waals surface area contributed by atoms with Gasteiger partial charge in [0, 0.05) is 10.6 Å². The Balaban J connectivity index is 2.10. The van der Waals surface area contributed by atoms with Crippen molar-refractivity contribution in [1.29, 1.82) is 0 Å². The van der Waals surface area contributed by atoms with E-state index in [4.69, 9.17) is 5.73 Å². The quantitative estimate of drug-likeness (QED) is 0.880. The SMILES string of the molecule is Nc1ccc(S(=O)Cc2ccc(C(F)(F)F)cc2)cc1. The number of halogens is 3. The maximum Gasteiger partial charge on any atom is 0.416 e. The molecule has 0 amide bonds. The first-order chi connectivity index (χ1) is 9.36. The molecule has 2 N–H and O–H groups in total. The summed E-state index contributed by atoms with van der Waals surface area (Å²) in [6.07, 6.45) is -4.35. The van der Waals surface area contributed by atoms with Gasteiger partial charge in [0.05, 0.1) is 22.1 Å². The summed E-state index contributed by atoms with van der Waals surface area (Å²) in [6.45, 7) is 0. The summed E-state index contributed by atoms with van der Waals surface area (Å²) in [4.78, 5) is 0.596. The number of nitrogens with two attached hydrogens (primary N) is 1. The number of benzene rings is 2. The molecule has 0 aliphatic rings. The fourth-order valence-corrected chi connectivity index (χ4v) is 2.75. The van der Waals surface area contributed by atoms with Gasteiger partial charge in [0.2, 0.25) is 0 Å². The predicted octanol–water partition coefficient (Wildman–Crippen LogP) is 3.60. The normalized spacial score (nSPS) is 13.2. The average molecular weight is 299 g/mol. The second-order valence-corrected chi connectivity index (χ2v) is 5.70. The van der Waals surface area contributed by atoms with Crippen molar-refractivity contribution in [2.45, 2.75) is 16.8 Å². The number of alkyl halides is 3. The van der Waals surface area contributed by atoms with E-state index in [2.05, 4.69) is 0 Å². The van der Waals surface area contributed by atoms with Crippen molar-refractivity contribution in [1.82, 2.24) is 0 Å². The Hall–Kier alpha value is -1.82.